The Morgan fingerprint density at radius 2 is 2.10 bits per heavy atom. The number of nitrogens with one attached hydrogen (secondary N) is 1. The predicted molar refractivity (Wildman–Crippen MR) is 82.2 cm³/mol. The van der Waals surface area contributed by atoms with Crippen molar-refractivity contribution in [3.05, 3.63) is 46.1 Å². The summed E-state index contributed by atoms with van der Waals surface area (Å²) in [5.74, 6) is -0.0874. The lowest BCUT2D eigenvalue weighted by Gasteiger charge is -2.11. The Labute approximate surface area is 125 Å². The van der Waals surface area contributed by atoms with Crippen LogP contribution in [0.3, 0.4) is 0 Å². The molecule has 0 amide bonds. The molecular formula is C14H14BrN3O2. The second-order valence-corrected chi connectivity index (χ2v) is 5.09. The Bertz CT molecular complexity index is 659. The molecule has 0 radical (unpaired) electrons. The average molecular weight is 336 g/mol. The molecule has 0 unspecified atom stereocenters. The molecule has 1 heterocycles. The zero-order valence-corrected chi connectivity index (χ0v) is 12.7. The molecule has 5 nitrogen and oxygen atoms in total. The Morgan fingerprint density at radius 3 is 2.80 bits per heavy atom. The molecule has 0 saturated heterocycles. The number of benzene rings is 1. The minimum atomic E-state index is -0.503. The zero-order chi connectivity index (χ0) is 14.7. The minimum absolute atomic E-state index is 0.202. The maximum Gasteiger partial charge on any atom is 0.356 e. The second-order valence-electron chi connectivity index (χ2n) is 4.23. The lowest BCUT2D eigenvalue weighted by molar-refractivity contribution is 0.0594. The van der Waals surface area contributed by atoms with Gasteiger partial charge in [-0.2, -0.15) is 0 Å². The first-order valence-electron chi connectivity index (χ1n) is 5.89. The van der Waals surface area contributed by atoms with Crippen molar-refractivity contribution in [1.82, 2.24) is 4.98 Å². The fourth-order valence-corrected chi connectivity index (χ4v) is 2.00. The molecule has 2 rings (SSSR count). The number of halogens is 1. The van der Waals surface area contributed by atoms with Crippen molar-refractivity contribution in [2.24, 2.45) is 0 Å². The Kier molecular flexibility index (Phi) is 4.24. The van der Waals surface area contributed by atoms with Crippen LogP contribution in [0.4, 0.5) is 17.2 Å². The molecule has 0 atom stereocenters. The summed E-state index contributed by atoms with van der Waals surface area (Å²) < 4.78 is 5.53. The van der Waals surface area contributed by atoms with Gasteiger partial charge in [-0.1, -0.05) is 6.07 Å². The topological polar surface area (TPSA) is 77.2 Å². The van der Waals surface area contributed by atoms with E-state index in [4.69, 9.17) is 5.73 Å². The highest BCUT2D eigenvalue weighted by molar-refractivity contribution is 9.10. The number of pyridine rings is 1. The monoisotopic (exact) mass is 335 g/mol. The molecule has 0 spiro atoms. The van der Waals surface area contributed by atoms with Crippen molar-refractivity contribution in [1.29, 1.82) is 0 Å². The van der Waals surface area contributed by atoms with Crippen LogP contribution < -0.4 is 11.1 Å². The SMILES string of the molecule is COC(=O)c1ccc(N)c(Nc2cc(C)ccc2Br)n1. The molecule has 0 aliphatic heterocycles. The number of anilines is 3. The van der Waals surface area contributed by atoms with Crippen LogP contribution in [0.1, 0.15) is 16.1 Å². The third-order valence-corrected chi connectivity index (χ3v) is 3.39. The lowest BCUT2D eigenvalue weighted by Crippen LogP contribution is -2.08. The Balaban J connectivity index is 2.37. The van der Waals surface area contributed by atoms with Gasteiger partial charge in [0.1, 0.15) is 0 Å². The number of ether oxygens (including phenoxy) is 1. The summed E-state index contributed by atoms with van der Waals surface area (Å²) in [5.41, 5.74) is 8.45. The highest BCUT2D eigenvalue weighted by Gasteiger charge is 2.11. The van der Waals surface area contributed by atoms with Crippen molar-refractivity contribution in [3.8, 4) is 0 Å². The van der Waals surface area contributed by atoms with Gasteiger partial charge < -0.3 is 15.8 Å². The number of nitrogens with zero attached hydrogens (tertiary/aromatic N) is 1. The van der Waals surface area contributed by atoms with Gasteiger partial charge in [0.05, 0.1) is 18.5 Å². The van der Waals surface area contributed by atoms with Crippen LogP contribution in [-0.2, 0) is 4.74 Å². The number of carbonyl (C=O) groups excluding carboxylic acids is 1. The van der Waals surface area contributed by atoms with E-state index in [2.05, 4.69) is 31.0 Å². The van der Waals surface area contributed by atoms with Crippen LogP contribution in [0.5, 0.6) is 0 Å². The van der Waals surface area contributed by atoms with Crippen LogP contribution in [0.15, 0.2) is 34.8 Å². The Morgan fingerprint density at radius 1 is 1.35 bits per heavy atom. The molecule has 0 fully saturated rings. The van der Waals surface area contributed by atoms with E-state index in [-0.39, 0.29) is 5.69 Å². The van der Waals surface area contributed by atoms with E-state index in [0.717, 1.165) is 15.7 Å². The van der Waals surface area contributed by atoms with Crippen molar-refractivity contribution >= 4 is 39.1 Å². The largest absolute Gasteiger partial charge is 0.464 e. The van der Waals surface area contributed by atoms with E-state index in [0.29, 0.717) is 11.5 Å². The molecule has 0 bridgehead atoms. The number of aryl methyl sites for hydroxylation is 1. The molecule has 1 aromatic heterocycles. The molecule has 20 heavy (non-hydrogen) atoms. The molecule has 0 aliphatic carbocycles. The van der Waals surface area contributed by atoms with Crippen LogP contribution in [0.2, 0.25) is 0 Å². The summed E-state index contributed by atoms with van der Waals surface area (Å²) in [5, 5.41) is 3.11. The van der Waals surface area contributed by atoms with Crippen LogP contribution in [-0.4, -0.2) is 18.1 Å². The van der Waals surface area contributed by atoms with Crippen molar-refractivity contribution < 1.29 is 9.53 Å². The number of hydrogen-bond donors (Lipinski definition) is 2. The van der Waals surface area contributed by atoms with Crippen LogP contribution in [0.25, 0.3) is 0 Å². The number of nitrogens with two attached hydrogens (primary N) is 1. The van der Waals surface area contributed by atoms with Crippen LogP contribution in [0, 0.1) is 6.92 Å². The highest BCUT2D eigenvalue weighted by atomic mass is 79.9. The molecule has 0 aliphatic rings. The van der Waals surface area contributed by atoms with Gasteiger partial charge in [0.15, 0.2) is 11.5 Å². The number of rotatable bonds is 3. The van der Waals surface area contributed by atoms with Crippen molar-refractivity contribution in [2.45, 2.75) is 6.92 Å². The van der Waals surface area contributed by atoms with Gasteiger partial charge in [-0.05, 0) is 52.7 Å². The van der Waals surface area contributed by atoms with Gasteiger partial charge in [0.25, 0.3) is 0 Å². The second kappa shape index (κ2) is 5.92. The van der Waals surface area contributed by atoms with E-state index in [1.807, 2.05) is 25.1 Å². The average Bonchev–Trinajstić information content (AvgIpc) is 2.44. The standard InChI is InChI=1S/C14H14BrN3O2/c1-8-3-4-9(15)12(7-8)18-13-10(16)5-6-11(17-13)14(19)20-2/h3-7H,16H2,1-2H3,(H,17,18). The molecular weight excluding hydrogens is 322 g/mol. The molecule has 0 saturated carbocycles. The first-order chi connectivity index (χ1) is 9.51. The fraction of sp³-hybridized carbons (Fsp3) is 0.143. The normalized spacial score (nSPS) is 10.2. The number of carbonyl (C=O) groups is 1. The molecule has 6 heteroatoms. The summed E-state index contributed by atoms with van der Waals surface area (Å²) in [4.78, 5) is 15.7. The van der Waals surface area contributed by atoms with Gasteiger partial charge in [-0.25, -0.2) is 9.78 Å². The first-order valence-corrected chi connectivity index (χ1v) is 6.68. The lowest BCUT2D eigenvalue weighted by atomic mass is 10.2. The molecule has 1 aromatic carbocycles. The molecule has 104 valence electrons. The fourth-order valence-electron chi connectivity index (χ4n) is 1.65. The van der Waals surface area contributed by atoms with Gasteiger partial charge >= 0.3 is 5.97 Å². The van der Waals surface area contributed by atoms with E-state index >= 15 is 0 Å². The van der Waals surface area contributed by atoms with Gasteiger partial charge in [-0.3, -0.25) is 0 Å². The van der Waals surface area contributed by atoms with E-state index < -0.39 is 5.97 Å². The zero-order valence-electron chi connectivity index (χ0n) is 11.1. The predicted octanol–water partition coefficient (Wildman–Crippen LogP) is 3.26. The summed E-state index contributed by atoms with van der Waals surface area (Å²) in [7, 11) is 1.31. The number of nitrogen functional groups attached to an aromatic ring is 1. The maximum absolute atomic E-state index is 11.5. The van der Waals surface area contributed by atoms with E-state index in [1.165, 1.54) is 13.2 Å². The van der Waals surface area contributed by atoms with Gasteiger partial charge in [0.2, 0.25) is 0 Å². The summed E-state index contributed by atoms with van der Waals surface area (Å²) >= 11 is 3.45. The van der Waals surface area contributed by atoms with Crippen molar-refractivity contribution in [2.75, 3.05) is 18.2 Å². The number of esters is 1. The van der Waals surface area contributed by atoms with Crippen molar-refractivity contribution in [3.63, 3.8) is 0 Å². The van der Waals surface area contributed by atoms with Gasteiger partial charge in [-0.15, -0.1) is 0 Å². The summed E-state index contributed by atoms with van der Waals surface area (Å²) in [6.07, 6.45) is 0. The quantitative estimate of drug-likeness (QED) is 0.842. The maximum atomic E-state index is 11.5. The molecule has 2 aromatic rings. The first kappa shape index (κ1) is 14.3. The summed E-state index contributed by atoms with van der Waals surface area (Å²) in [6.45, 7) is 1.99. The number of hydrogen-bond acceptors (Lipinski definition) is 5. The van der Waals surface area contributed by atoms with E-state index in [1.54, 1.807) is 6.07 Å². The number of methoxy groups -OCH3 is 1. The molecule has 3 N–H and O–H groups in total. The number of aromatic nitrogens is 1. The van der Waals surface area contributed by atoms with Crippen LogP contribution >= 0.6 is 15.9 Å². The summed E-state index contributed by atoms with van der Waals surface area (Å²) in [6, 6.07) is 9.01. The van der Waals surface area contributed by atoms with E-state index in [9.17, 15) is 4.79 Å². The third-order valence-electron chi connectivity index (χ3n) is 2.70. The minimum Gasteiger partial charge on any atom is -0.464 e. The third kappa shape index (κ3) is 3.08. The smallest absolute Gasteiger partial charge is 0.356 e. The van der Waals surface area contributed by atoms with Gasteiger partial charge in [0, 0.05) is 4.47 Å². The Hall–Kier alpha value is -2.08. The highest BCUT2D eigenvalue weighted by Crippen LogP contribution is 2.28.